The number of ether oxygens (including phenoxy) is 1. The van der Waals surface area contributed by atoms with E-state index in [-0.39, 0.29) is 17.5 Å². The number of hydrogen-bond donors (Lipinski definition) is 0. The maximum Gasteiger partial charge on any atom is 0.318 e. The van der Waals surface area contributed by atoms with Gasteiger partial charge in [-0.25, -0.2) is 12.7 Å². The lowest BCUT2D eigenvalue weighted by molar-refractivity contribution is -0.146. The van der Waals surface area contributed by atoms with Gasteiger partial charge in [0.15, 0.2) is 0 Å². The van der Waals surface area contributed by atoms with Crippen molar-refractivity contribution < 1.29 is 22.4 Å². The van der Waals surface area contributed by atoms with Crippen LogP contribution in [0.2, 0.25) is 0 Å². The topological polar surface area (TPSA) is 76.8 Å². The van der Waals surface area contributed by atoms with Crippen LogP contribution in [0.4, 0.5) is 0 Å². The summed E-state index contributed by atoms with van der Waals surface area (Å²) < 4.78 is 36.0. The van der Waals surface area contributed by atoms with E-state index in [2.05, 4.69) is 0 Å². The highest BCUT2D eigenvalue weighted by Crippen LogP contribution is 2.27. The number of hydrogen-bond acceptors (Lipinski definition) is 5. The van der Waals surface area contributed by atoms with Crippen LogP contribution in [0.1, 0.15) is 22.8 Å². The number of nitrogens with zero attached hydrogens (tertiary/aromatic N) is 1. The summed E-state index contributed by atoms with van der Waals surface area (Å²) in [6, 6.07) is 21.5. The van der Waals surface area contributed by atoms with Crippen LogP contribution in [0.3, 0.4) is 0 Å². The smallest absolute Gasteiger partial charge is 0.318 e. The molecule has 0 aliphatic carbocycles. The second kappa shape index (κ2) is 8.41. The highest BCUT2D eigenvalue weighted by atomic mass is 32.2. The van der Waals surface area contributed by atoms with E-state index >= 15 is 0 Å². The summed E-state index contributed by atoms with van der Waals surface area (Å²) in [4.78, 5) is 12.8. The van der Waals surface area contributed by atoms with E-state index in [1.165, 1.54) is 26.2 Å². The Labute approximate surface area is 164 Å². The van der Waals surface area contributed by atoms with Crippen LogP contribution in [0.5, 0.6) is 0 Å². The van der Waals surface area contributed by atoms with Gasteiger partial charge in [-0.2, -0.15) is 0 Å². The third-order valence-electron chi connectivity index (χ3n) is 4.23. The summed E-state index contributed by atoms with van der Waals surface area (Å²) in [7, 11) is -0.834. The van der Waals surface area contributed by atoms with Crippen molar-refractivity contribution in [2.24, 2.45) is 0 Å². The molecule has 1 heterocycles. The third kappa shape index (κ3) is 4.32. The number of rotatable bonds is 7. The molecule has 146 valence electrons. The zero-order valence-electron chi connectivity index (χ0n) is 15.6. The fourth-order valence-corrected chi connectivity index (χ4v) is 3.55. The molecule has 0 amide bonds. The molecule has 0 aliphatic rings. The van der Waals surface area contributed by atoms with E-state index in [1.54, 1.807) is 0 Å². The van der Waals surface area contributed by atoms with Gasteiger partial charge in [0.2, 0.25) is 5.09 Å². The van der Waals surface area contributed by atoms with Gasteiger partial charge in [0.05, 0.1) is 0 Å². The van der Waals surface area contributed by atoms with E-state index in [4.69, 9.17) is 9.15 Å². The summed E-state index contributed by atoms with van der Waals surface area (Å²) in [5, 5.41) is -0.189. The van der Waals surface area contributed by atoms with Crippen LogP contribution in [0, 0.1) is 0 Å². The Morgan fingerprint density at radius 3 is 1.96 bits per heavy atom. The van der Waals surface area contributed by atoms with Crippen molar-refractivity contribution in [2.45, 2.75) is 17.6 Å². The van der Waals surface area contributed by atoms with Crippen molar-refractivity contribution in [2.75, 3.05) is 14.1 Å². The second-order valence-electron chi connectivity index (χ2n) is 6.37. The first-order valence-corrected chi connectivity index (χ1v) is 10.1. The molecule has 0 N–H and O–H groups in total. The first-order valence-electron chi connectivity index (χ1n) is 8.67. The Hall–Kier alpha value is -2.90. The summed E-state index contributed by atoms with van der Waals surface area (Å²) in [6.45, 7) is -0.155. The maximum absolute atomic E-state index is 12.8. The van der Waals surface area contributed by atoms with Gasteiger partial charge in [0, 0.05) is 14.1 Å². The van der Waals surface area contributed by atoms with Gasteiger partial charge < -0.3 is 9.15 Å². The minimum Gasteiger partial charge on any atom is -0.457 e. The first kappa shape index (κ1) is 19.9. The molecule has 0 aliphatic heterocycles. The monoisotopic (exact) mass is 399 g/mol. The average Bonchev–Trinajstić information content (AvgIpc) is 3.18. The van der Waals surface area contributed by atoms with Crippen LogP contribution < -0.4 is 0 Å². The first-order chi connectivity index (χ1) is 13.4. The molecule has 0 unspecified atom stereocenters. The zero-order valence-corrected chi connectivity index (χ0v) is 16.4. The Bertz CT molecular complexity index is 987. The third-order valence-corrected chi connectivity index (χ3v) is 5.92. The van der Waals surface area contributed by atoms with E-state index < -0.39 is 21.9 Å². The minimum absolute atomic E-state index is 0.155. The molecule has 0 bridgehead atoms. The lowest BCUT2D eigenvalue weighted by atomic mass is 9.91. The van der Waals surface area contributed by atoms with Crippen molar-refractivity contribution in [3.8, 4) is 0 Å². The molecule has 0 saturated heterocycles. The number of sulfonamides is 1. The zero-order chi connectivity index (χ0) is 20.1. The number of benzene rings is 2. The van der Waals surface area contributed by atoms with Crippen LogP contribution in [-0.2, 0) is 26.2 Å². The van der Waals surface area contributed by atoms with Crippen molar-refractivity contribution in [3.05, 3.63) is 89.7 Å². The van der Waals surface area contributed by atoms with Gasteiger partial charge >= 0.3 is 5.97 Å². The van der Waals surface area contributed by atoms with Crippen LogP contribution in [-0.4, -0.2) is 32.8 Å². The molecule has 3 aromatic rings. The summed E-state index contributed by atoms with van der Waals surface area (Å²) in [5.41, 5.74) is 1.63. The Morgan fingerprint density at radius 2 is 1.46 bits per heavy atom. The molecule has 6 nitrogen and oxygen atoms in total. The lowest BCUT2D eigenvalue weighted by Crippen LogP contribution is -2.21. The number of carbonyl (C=O) groups excluding carboxylic acids is 1. The van der Waals surface area contributed by atoms with Crippen LogP contribution in [0.25, 0.3) is 0 Å². The highest BCUT2D eigenvalue weighted by Gasteiger charge is 2.25. The minimum atomic E-state index is -3.67. The molecule has 7 heteroatoms. The SMILES string of the molecule is CN(C)S(=O)(=O)c1ccc(COC(=O)C(c2ccccc2)c2ccccc2)o1. The quantitative estimate of drug-likeness (QED) is 0.569. The van der Waals surface area contributed by atoms with Crippen LogP contribution >= 0.6 is 0 Å². The van der Waals surface area contributed by atoms with Gasteiger partial charge in [-0.15, -0.1) is 0 Å². The van der Waals surface area contributed by atoms with Crippen molar-refractivity contribution in [1.29, 1.82) is 0 Å². The summed E-state index contributed by atoms with van der Waals surface area (Å²) in [5.74, 6) is -0.762. The number of carbonyl (C=O) groups is 1. The molecule has 2 aromatic carbocycles. The van der Waals surface area contributed by atoms with Crippen molar-refractivity contribution >= 4 is 16.0 Å². The van der Waals surface area contributed by atoms with E-state index in [1.807, 2.05) is 60.7 Å². The standard InChI is InChI=1S/C21H21NO5S/c1-22(2)28(24,25)19-14-13-18(27-19)15-26-21(23)20(16-9-5-3-6-10-16)17-11-7-4-8-12-17/h3-14,20H,15H2,1-2H3. The molecule has 0 radical (unpaired) electrons. The maximum atomic E-state index is 12.8. The Kier molecular flexibility index (Phi) is 5.96. The van der Waals surface area contributed by atoms with Crippen LogP contribution in [0.15, 0.2) is 82.3 Å². The van der Waals surface area contributed by atoms with E-state index in [0.717, 1.165) is 15.4 Å². The summed E-state index contributed by atoms with van der Waals surface area (Å²) >= 11 is 0. The molecule has 0 spiro atoms. The van der Waals surface area contributed by atoms with E-state index in [9.17, 15) is 13.2 Å². The van der Waals surface area contributed by atoms with E-state index in [0.29, 0.717) is 0 Å². The molecular formula is C21H21NO5S. The second-order valence-corrected chi connectivity index (χ2v) is 8.45. The largest absolute Gasteiger partial charge is 0.457 e. The predicted molar refractivity (Wildman–Crippen MR) is 104 cm³/mol. The molecular weight excluding hydrogens is 378 g/mol. The van der Waals surface area contributed by atoms with Gasteiger partial charge in [0.1, 0.15) is 18.3 Å². The summed E-state index contributed by atoms with van der Waals surface area (Å²) in [6.07, 6.45) is 0. The fourth-order valence-electron chi connectivity index (χ4n) is 2.74. The van der Waals surface area contributed by atoms with Crippen molar-refractivity contribution in [3.63, 3.8) is 0 Å². The van der Waals surface area contributed by atoms with Gasteiger partial charge in [0.25, 0.3) is 10.0 Å². The fraction of sp³-hybridized carbons (Fsp3) is 0.190. The van der Waals surface area contributed by atoms with Crippen molar-refractivity contribution in [1.82, 2.24) is 4.31 Å². The molecule has 28 heavy (non-hydrogen) atoms. The Balaban J connectivity index is 1.78. The Morgan fingerprint density at radius 1 is 0.929 bits per heavy atom. The normalized spacial score (nSPS) is 11.7. The molecule has 0 saturated carbocycles. The predicted octanol–water partition coefficient (Wildman–Crippen LogP) is 3.41. The van der Waals surface area contributed by atoms with Gasteiger partial charge in [-0.05, 0) is 23.3 Å². The van der Waals surface area contributed by atoms with Gasteiger partial charge in [-0.3, -0.25) is 4.79 Å². The van der Waals surface area contributed by atoms with Gasteiger partial charge in [-0.1, -0.05) is 60.7 Å². The highest BCUT2D eigenvalue weighted by molar-refractivity contribution is 7.88. The lowest BCUT2D eigenvalue weighted by Gasteiger charge is -2.16. The molecule has 0 atom stereocenters. The molecule has 0 fully saturated rings. The number of esters is 1. The molecule has 1 aromatic heterocycles. The number of furan rings is 1. The molecule has 3 rings (SSSR count). The average molecular weight is 399 g/mol.